The summed E-state index contributed by atoms with van der Waals surface area (Å²) in [5, 5.41) is 21.6. The number of nitrogens with zero attached hydrogens (tertiary/aromatic N) is 1. The quantitative estimate of drug-likeness (QED) is 0.432. The molecule has 2 unspecified atom stereocenters. The summed E-state index contributed by atoms with van der Waals surface area (Å²) in [7, 11) is 0. The third-order valence-electron chi connectivity index (χ3n) is 5.89. The first-order valence-electron chi connectivity index (χ1n) is 11.0. The number of aromatic nitrogens is 2. The third kappa shape index (κ3) is 5.03. The predicted octanol–water partition coefficient (Wildman–Crippen LogP) is 1.27. The van der Waals surface area contributed by atoms with Crippen molar-refractivity contribution < 1.29 is 24.4 Å². The Hall–Kier alpha value is -3.08. The minimum Gasteiger partial charge on any atom is -0.393 e. The number of H-pyrrole nitrogens is 1. The molecule has 0 saturated carbocycles. The van der Waals surface area contributed by atoms with Crippen LogP contribution < -0.4 is 11.2 Å². The van der Waals surface area contributed by atoms with Crippen molar-refractivity contribution in [1.82, 2.24) is 9.55 Å². The van der Waals surface area contributed by atoms with Gasteiger partial charge in [0.05, 0.1) is 26.4 Å². The zero-order chi connectivity index (χ0) is 24.1. The zero-order valence-electron chi connectivity index (χ0n) is 18.8. The second kappa shape index (κ2) is 10.5. The zero-order valence-corrected chi connectivity index (χ0v) is 18.8. The molecule has 0 bridgehead atoms. The predicted molar refractivity (Wildman–Crippen MR) is 123 cm³/mol. The summed E-state index contributed by atoms with van der Waals surface area (Å²) < 4.78 is 19.1. The van der Waals surface area contributed by atoms with E-state index in [9.17, 15) is 19.8 Å². The molecule has 9 nitrogen and oxygen atoms in total. The normalized spacial score (nSPS) is 24.4. The van der Waals surface area contributed by atoms with Crippen LogP contribution in [-0.4, -0.2) is 50.8 Å². The highest BCUT2D eigenvalue weighted by Crippen LogP contribution is 2.39. The molecule has 180 valence electrons. The number of aliphatic hydroxyl groups is 2. The van der Waals surface area contributed by atoms with Crippen LogP contribution in [0.15, 0.2) is 76.4 Å². The van der Waals surface area contributed by atoms with Crippen LogP contribution in [-0.2, 0) is 27.4 Å². The third-order valence-corrected chi connectivity index (χ3v) is 5.89. The van der Waals surface area contributed by atoms with Gasteiger partial charge in [-0.05, 0) is 18.1 Å². The van der Waals surface area contributed by atoms with Crippen molar-refractivity contribution in [2.45, 2.75) is 44.2 Å². The second-order valence-corrected chi connectivity index (χ2v) is 8.40. The molecule has 0 spiro atoms. The lowest BCUT2D eigenvalue weighted by atomic mass is 9.96. The Morgan fingerprint density at radius 1 is 1.03 bits per heavy atom. The van der Waals surface area contributed by atoms with Gasteiger partial charge in [0.1, 0.15) is 17.8 Å². The van der Waals surface area contributed by atoms with Gasteiger partial charge in [0.25, 0.3) is 5.56 Å². The van der Waals surface area contributed by atoms with E-state index >= 15 is 0 Å². The fourth-order valence-electron chi connectivity index (χ4n) is 4.05. The molecule has 0 amide bonds. The lowest BCUT2D eigenvalue weighted by Gasteiger charge is -2.32. The number of nitrogens with one attached hydrogen (secondary N) is 1. The summed E-state index contributed by atoms with van der Waals surface area (Å²) in [4.78, 5) is 26.5. The Bertz CT molecular complexity index is 1200. The lowest BCUT2D eigenvalue weighted by molar-refractivity contribution is -0.175. The van der Waals surface area contributed by atoms with E-state index in [0.29, 0.717) is 0 Å². The molecule has 2 aromatic carbocycles. The van der Waals surface area contributed by atoms with Crippen LogP contribution in [0.1, 0.15) is 22.9 Å². The molecule has 4 atom stereocenters. The molecule has 34 heavy (non-hydrogen) atoms. The Kier molecular flexibility index (Phi) is 7.40. The molecule has 4 rings (SSSR count). The van der Waals surface area contributed by atoms with Crippen molar-refractivity contribution in [1.29, 1.82) is 0 Å². The van der Waals surface area contributed by atoms with E-state index < -0.39 is 41.9 Å². The first kappa shape index (κ1) is 24.1. The van der Waals surface area contributed by atoms with Crippen LogP contribution in [0.25, 0.3) is 0 Å². The monoisotopic (exact) mass is 468 g/mol. The van der Waals surface area contributed by atoms with Gasteiger partial charge in [0, 0.05) is 11.8 Å². The Balaban J connectivity index is 1.61. The second-order valence-electron chi connectivity index (χ2n) is 8.40. The first-order valence-corrected chi connectivity index (χ1v) is 11.0. The van der Waals surface area contributed by atoms with Gasteiger partial charge in [-0.3, -0.25) is 14.3 Å². The molecular formula is C25H28N2O7. The molecular weight excluding hydrogens is 440 g/mol. The number of ether oxygens (including phenoxy) is 3. The van der Waals surface area contributed by atoms with Crippen LogP contribution in [0.3, 0.4) is 0 Å². The summed E-state index contributed by atoms with van der Waals surface area (Å²) in [6.45, 7) is 1.34. The molecule has 1 aliphatic rings. The molecule has 1 saturated heterocycles. The van der Waals surface area contributed by atoms with Crippen LogP contribution >= 0.6 is 0 Å². The van der Waals surface area contributed by atoms with Gasteiger partial charge in [-0.2, -0.15) is 0 Å². The number of rotatable bonds is 9. The maximum atomic E-state index is 12.5. The molecule has 3 N–H and O–H groups in total. The largest absolute Gasteiger partial charge is 0.393 e. The Labute approximate surface area is 196 Å². The average molecular weight is 469 g/mol. The Morgan fingerprint density at radius 2 is 1.65 bits per heavy atom. The average Bonchev–Trinajstić information content (AvgIpc) is 3.13. The molecule has 1 fully saturated rings. The van der Waals surface area contributed by atoms with E-state index in [4.69, 9.17) is 14.2 Å². The maximum Gasteiger partial charge on any atom is 0.330 e. The smallest absolute Gasteiger partial charge is 0.330 e. The van der Waals surface area contributed by atoms with Gasteiger partial charge in [-0.1, -0.05) is 60.7 Å². The van der Waals surface area contributed by atoms with E-state index in [2.05, 4.69) is 4.98 Å². The summed E-state index contributed by atoms with van der Waals surface area (Å²) in [6, 6.07) is 18.9. The van der Waals surface area contributed by atoms with Gasteiger partial charge >= 0.3 is 5.69 Å². The fourth-order valence-corrected chi connectivity index (χ4v) is 4.05. The summed E-state index contributed by atoms with van der Waals surface area (Å²) in [5.74, 6) is 0. The minimum absolute atomic E-state index is 0.0947. The molecule has 1 aromatic heterocycles. The van der Waals surface area contributed by atoms with Crippen molar-refractivity contribution in [3.63, 3.8) is 0 Å². The number of aryl methyl sites for hydroxylation is 1. The molecule has 3 aromatic rings. The van der Waals surface area contributed by atoms with Crippen molar-refractivity contribution in [2.24, 2.45) is 0 Å². The summed E-state index contributed by atoms with van der Waals surface area (Å²) in [6.07, 6.45) is -2.21. The molecule has 2 heterocycles. The maximum absolute atomic E-state index is 12.5. The highest BCUT2D eigenvalue weighted by atomic mass is 16.6. The van der Waals surface area contributed by atoms with Crippen LogP contribution in [0.5, 0.6) is 0 Å². The number of aromatic amines is 1. The molecule has 9 heteroatoms. The van der Waals surface area contributed by atoms with Gasteiger partial charge in [-0.15, -0.1) is 0 Å². The highest BCUT2D eigenvalue weighted by Gasteiger charge is 2.56. The van der Waals surface area contributed by atoms with E-state index in [0.717, 1.165) is 15.7 Å². The standard InChI is InChI=1S/C25H28N2O7/c1-17-12-27(24(31)26-22(17)30)23-20(29)21(33-14-19-10-6-3-7-11-19)25(15-28,34-23)16-32-13-18-8-4-2-5-9-18/h2-12,20-21,23,28-29H,13-16H2,1H3,(H,26,30,31)/t20?,21?,23-,25-/m1/s1. The van der Waals surface area contributed by atoms with E-state index in [1.807, 2.05) is 60.7 Å². The van der Waals surface area contributed by atoms with Crippen LogP contribution in [0.2, 0.25) is 0 Å². The SMILES string of the molecule is Cc1cn([C@@H]2O[C@](CO)(COCc3ccccc3)C(OCc3ccccc3)C2O)c(=O)[nH]c1=O. The highest BCUT2D eigenvalue weighted by molar-refractivity contribution is 5.15. The number of aliphatic hydroxyl groups excluding tert-OH is 2. The van der Waals surface area contributed by atoms with E-state index in [1.54, 1.807) is 6.92 Å². The van der Waals surface area contributed by atoms with Gasteiger partial charge in [-0.25, -0.2) is 4.79 Å². The molecule has 0 aliphatic carbocycles. The number of hydrogen-bond donors (Lipinski definition) is 3. The molecule has 0 radical (unpaired) electrons. The van der Waals surface area contributed by atoms with Gasteiger partial charge < -0.3 is 24.4 Å². The van der Waals surface area contributed by atoms with Crippen molar-refractivity contribution >= 4 is 0 Å². The number of hydrogen-bond acceptors (Lipinski definition) is 7. The van der Waals surface area contributed by atoms with Gasteiger partial charge in [0.2, 0.25) is 0 Å². The summed E-state index contributed by atoms with van der Waals surface area (Å²) in [5.41, 5.74) is -0.631. The minimum atomic E-state index is -1.45. The van der Waals surface area contributed by atoms with E-state index in [1.165, 1.54) is 6.20 Å². The van der Waals surface area contributed by atoms with Crippen molar-refractivity contribution in [3.8, 4) is 0 Å². The number of benzene rings is 2. The molecule has 1 aliphatic heterocycles. The van der Waals surface area contributed by atoms with Crippen LogP contribution in [0.4, 0.5) is 0 Å². The van der Waals surface area contributed by atoms with Gasteiger partial charge in [0.15, 0.2) is 6.23 Å². The van der Waals surface area contributed by atoms with E-state index in [-0.39, 0.29) is 25.4 Å². The summed E-state index contributed by atoms with van der Waals surface area (Å²) >= 11 is 0. The topological polar surface area (TPSA) is 123 Å². The lowest BCUT2D eigenvalue weighted by Crippen LogP contribution is -2.51. The first-order chi connectivity index (χ1) is 16.4. The van der Waals surface area contributed by atoms with Crippen LogP contribution in [0, 0.1) is 6.92 Å². The fraction of sp³-hybridized carbons (Fsp3) is 0.360. The van der Waals surface area contributed by atoms with Crippen molar-refractivity contribution in [3.05, 3.63) is 104 Å². The Morgan fingerprint density at radius 3 is 2.26 bits per heavy atom. The van der Waals surface area contributed by atoms with Crippen molar-refractivity contribution in [2.75, 3.05) is 13.2 Å².